The molecule has 0 aromatic rings. The summed E-state index contributed by atoms with van der Waals surface area (Å²) in [6.07, 6.45) is 8.76. The van der Waals surface area contributed by atoms with Crippen LogP contribution in [0, 0.1) is 5.92 Å². The van der Waals surface area contributed by atoms with Crippen LogP contribution in [0.5, 0.6) is 0 Å². The van der Waals surface area contributed by atoms with E-state index in [1.165, 1.54) is 38.5 Å². The Kier molecular flexibility index (Phi) is 4.28. The van der Waals surface area contributed by atoms with Crippen molar-refractivity contribution in [3.05, 3.63) is 0 Å². The van der Waals surface area contributed by atoms with Gasteiger partial charge in [-0.3, -0.25) is 4.79 Å². The molecule has 1 saturated carbocycles. The Hall–Kier alpha value is -0.0500. The number of halogens is 1. The first-order chi connectivity index (χ1) is 7.74. The number of hydrogen-bond acceptors (Lipinski definition) is 1. The largest absolute Gasteiger partial charge is 0.338 e. The molecular formula is C13H22BrNO. The van der Waals surface area contributed by atoms with Crippen LogP contribution >= 0.6 is 15.9 Å². The van der Waals surface area contributed by atoms with Crippen molar-refractivity contribution in [2.75, 3.05) is 6.54 Å². The Morgan fingerprint density at radius 1 is 1.31 bits per heavy atom. The minimum absolute atomic E-state index is 0.0366. The first kappa shape index (κ1) is 12.4. The summed E-state index contributed by atoms with van der Waals surface area (Å²) < 4.78 is 0. The quantitative estimate of drug-likeness (QED) is 0.729. The van der Waals surface area contributed by atoms with Crippen LogP contribution in [0.25, 0.3) is 0 Å². The molecule has 2 rings (SSSR count). The normalized spacial score (nSPS) is 28.6. The van der Waals surface area contributed by atoms with Gasteiger partial charge < -0.3 is 4.90 Å². The maximum atomic E-state index is 12.2. The van der Waals surface area contributed by atoms with E-state index in [1.807, 2.05) is 0 Å². The van der Waals surface area contributed by atoms with Crippen LogP contribution in [0.15, 0.2) is 0 Å². The second-order valence-electron chi connectivity index (χ2n) is 5.16. The van der Waals surface area contributed by atoms with Gasteiger partial charge in [-0.1, -0.05) is 35.7 Å². The molecule has 2 unspecified atom stereocenters. The summed E-state index contributed by atoms with van der Waals surface area (Å²) in [7, 11) is 0. The van der Waals surface area contributed by atoms with Gasteiger partial charge in [0.1, 0.15) is 0 Å². The smallest absolute Gasteiger partial charge is 0.236 e. The van der Waals surface area contributed by atoms with Crippen LogP contribution in [-0.2, 0) is 4.79 Å². The van der Waals surface area contributed by atoms with Gasteiger partial charge in [0.05, 0.1) is 4.83 Å². The predicted octanol–water partition coefficient (Wildman–Crippen LogP) is 3.34. The lowest BCUT2D eigenvalue weighted by Crippen LogP contribution is -2.42. The van der Waals surface area contributed by atoms with Crippen LogP contribution in [0.3, 0.4) is 0 Å². The Labute approximate surface area is 107 Å². The lowest BCUT2D eigenvalue weighted by molar-refractivity contribution is -0.132. The number of amides is 1. The maximum absolute atomic E-state index is 12.2. The van der Waals surface area contributed by atoms with E-state index in [0.717, 1.165) is 18.9 Å². The van der Waals surface area contributed by atoms with Gasteiger partial charge in [0.15, 0.2) is 0 Å². The monoisotopic (exact) mass is 287 g/mol. The summed E-state index contributed by atoms with van der Waals surface area (Å²) in [6, 6.07) is 0.557. The number of carbonyl (C=O) groups is 1. The zero-order valence-corrected chi connectivity index (χ0v) is 11.7. The molecule has 0 spiro atoms. The molecule has 1 aliphatic heterocycles. The van der Waals surface area contributed by atoms with Crippen LogP contribution in [0.4, 0.5) is 0 Å². The number of likely N-dealkylation sites (tertiary alicyclic amines) is 1. The molecule has 0 aromatic heterocycles. The van der Waals surface area contributed by atoms with Crippen molar-refractivity contribution >= 4 is 21.8 Å². The predicted molar refractivity (Wildman–Crippen MR) is 69.7 cm³/mol. The third-order valence-electron chi connectivity index (χ3n) is 4.15. The van der Waals surface area contributed by atoms with E-state index in [0.29, 0.717) is 11.9 Å². The summed E-state index contributed by atoms with van der Waals surface area (Å²) in [5.74, 6) is 1.12. The summed E-state index contributed by atoms with van der Waals surface area (Å²) in [5, 5.41) is 0. The second kappa shape index (κ2) is 5.52. The number of alkyl halides is 1. The lowest BCUT2D eigenvalue weighted by atomic mass is 9.96. The van der Waals surface area contributed by atoms with Gasteiger partial charge in [-0.2, -0.15) is 0 Å². The Morgan fingerprint density at radius 2 is 2.00 bits per heavy atom. The van der Waals surface area contributed by atoms with Gasteiger partial charge >= 0.3 is 0 Å². The molecule has 2 nitrogen and oxygen atoms in total. The summed E-state index contributed by atoms with van der Waals surface area (Å²) in [5.41, 5.74) is 0. The minimum Gasteiger partial charge on any atom is -0.338 e. The molecule has 2 atom stereocenters. The average molecular weight is 288 g/mol. The molecule has 2 aliphatic rings. The molecule has 1 aliphatic carbocycles. The molecule has 16 heavy (non-hydrogen) atoms. The Bertz CT molecular complexity index is 250. The number of nitrogens with zero attached hydrogens (tertiary/aromatic N) is 1. The van der Waals surface area contributed by atoms with E-state index in [1.54, 1.807) is 0 Å². The summed E-state index contributed by atoms with van der Waals surface area (Å²) in [6.45, 7) is 3.06. The van der Waals surface area contributed by atoms with Gasteiger partial charge in [-0.05, 0) is 38.0 Å². The van der Waals surface area contributed by atoms with Gasteiger partial charge in [0.2, 0.25) is 5.91 Å². The summed E-state index contributed by atoms with van der Waals surface area (Å²) in [4.78, 5) is 14.4. The molecule has 1 heterocycles. The fourth-order valence-electron chi connectivity index (χ4n) is 3.25. The fourth-order valence-corrected chi connectivity index (χ4v) is 3.52. The third-order valence-corrected chi connectivity index (χ3v) is 5.19. The van der Waals surface area contributed by atoms with Crippen LogP contribution < -0.4 is 0 Å². The number of hydrogen-bond donors (Lipinski definition) is 0. The zero-order valence-electron chi connectivity index (χ0n) is 10.1. The molecule has 0 bridgehead atoms. The van der Waals surface area contributed by atoms with Crippen molar-refractivity contribution in [1.82, 2.24) is 4.90 Å². The minimum atomic E-state index is 0.0366. The number of carbonyl (C=O) groups excluding carboxylic acids is 1. The van der Waals surface area contributed by atoms with Crippen molar-refractivity contribution in [1.29, 1.82) is 0 Å². The van der Waals surface area contributed by atoms with E-state index in [4.69, 9.17) is 0 Å². The van der Waals surface area contributed by atoms with Gasteiger partial charge in [0.25, 0.3) is 0 Å². The highest BCUT2D eigenvalue weighted by molar-refractivity contribution is 9.10. The van der Waals surface area contributed by atoms with Crippen molar-refractivity contribution in [3.63, 3.8) is 0 Å². The molecule has 1 saturated heterocycles. The van der Waals surface area contributed by atoms with Crippen molar-refractivity contribution in [3.8, 4) is 0 Å². The third kappa shape index (κ3) is 2.44. The molecule has 0 aromatic carbocycles. The standard InChI is InChI=1S/C13H22BrNO/c1-2-11(14)13(16)15-9-5-8-12(15)10-6-3-4-7-10/h10-12H,2-9H2,1H3. The SMILES string of the molecule is CCC(Br)C(=O)N1CCCC1C1CCCC1. The van der Waals surface area contributed by atoms with Gasteiger partial charge in [0, 0.05) is 12.6 Å². The fraction of sp³-hybridized carbons (Fsp3) is 0.923. The van der Waals surface area contributed by atoms with Gasteiger partial charge in [-0.25, -0.2) is 0 Å². The Morgan fingerprint density at radius 3 is 2.62 bits per heavy atom. The first-order valence-corrected chi connectivity index (χ1v) is 7.60. The highest BCUT2D eigenvalue weighted by Crippen LogP contribution is 2.36. The van der Waals surface area contributed by atoms with Crippen LogP contribution in [0.2, 0.25) is 0 Å². The lowest BCUT2D eigenvalue weighted by Gasteiger charge is -2.30. The van der Waals surface area contributed by atoms with Gasteiger partial charge in [-0.15, -0.1) is 0 Å². The van der Waals surface area contributed by atoms with E-state index in [-0.39, 0.29) is 4.83 Å². The highest BCUT2D eigenvalue weighted by Gasteiger charge is 2.37. The van der Waals surface area contributed by atoms with Crippen LogP contribution in [0.1, 0.15) is 51.9 Å². The van der Waals surface area contributed by atoms with E-state index < -0.39 is 0 Å². The molecule has 0 N–H and O–H groups in total. The molecular weight excluding hydrogens is 266 g/mol. The van der Waals surface area contributed by atoms with Crippen molar-refractivity contribution in [2.24, 2.45) is 5.92 Å². The maximum Gasteiger partial charge on any atom is 0.236 e. The average Bonchev–Trinajstić information content (AvgIpc) is 2.95. The van der Waals surface area contributed by atoms with Crippen molar-refractivity contribution in [2.45, 2.75) is 62.7 Å². The molecule has 92 valence electrons. The van der Waals surface area contributed by atoms with E-state index >= 15 is 0 Å². The topological polar surface area (TPSA) is 20.3 Å². The zero-order chi connectivity index (χ0) is 11.5. The van der Waals surface area contributed by atoms with E-state index in [2.05, 4.69) is 27.8 Å². The highest BCUT2D eigenvalue weighted by atomic mass is 79.9. The molecule has 1 amide bonds. The number of rotatable bonds is 3. The van der Waals surface area contributed by atoms with E-state index in [9.17, 15) is 4.79 Å². The summed E-state index contributed by atoms with van der Waals surface area (Å²) >= 11 is 3.50. The second-order valence-corrected chi connectivity index (χ2v) is 6.27. The Balaban J connectivity index is 1.99. The first-order valence-electron chi connectivity index (χ1n) is 6.68. The van der Waals surface area contributed by atoms with Crippen LogP contribution in [-0.4, -0.2) is 28.2 Å². The molecule has 0 radical (unpaired) electrons. The van der Waals surface area contributed by atoms with Crippen molar-refractivity contribution < 1.29 is 4.79 Å². The molecule has 2 fully saturated rings. The molecule has 3 heteroatoms.